The minimum absolute atomic E-state index is 0.0985. The van der Waals surface area contributed by atoms with Gasteiger partial charge >= 0.3 is 5.97 Å². The van der Waals surface area contributed by atoms with Gasteiger partial charge in [-0.3, -0.25) is 4.79 Å². The molecular formula is C19H16O6. The summed E-state index contributed by atoms with van der Waals surface area (Å²) in [5.74, 6) is 0.558. The Morgan fingerprint density at radius 1 is 1.12 bits per heavy atom. The van der Waals surface area contributed by atoms with Crippen LogP contribution in [-0.2, 0) is 9.53 Å². The van der Waals surface area contributed by atoms with E-state index in [2.05, 4.69) is 4.74 Å². The lowest BCUT2D eigenvalue weighted by molar-refractivity contribution is -0.142. The average Bonchev–Trinajstić information content (AvgIpc) is 2.62. The smallest absolute Gasteiger partial charge is 0.343 e. The molecule has 6 heteroatoms. The van der Waals surface area contributed by atoms with Crippen LogP contribution in [0.4, 0.5) is 0 Å². The monoisotopic (exact) mass is 340 g/mol. The third kappa shape index (κ3) is 3.80. The van der Waals surface area contributed by atoms with Crippen molar-refractivity contribution in [1.82, 2.24) is 0 Å². The Morgan fingerprint density at radius 2 is 1.96 bits per heavy atom. The highest BCUT2D eigenvalue weighted by molar-refractivity contribution is 5.79. The minimum atomic E-state index is -0.497. The molecule has 1 heterocycles. The predicted molar refractivity (Wildman–Crippen MR) is 91.2 cm³/mol. The zero-order chi connectivity index (χ0) is 17.8. The Morgan fingerprint density at radius 3 is 2.72 bits per heavy atom. The quantitative estimate of drug-likeness (QED) is 0.662. The fraction of sp³-hybridized carbons (Fsp3) is 0.158. The number of methoxy groups -OCH3 is 1. The summed E-state index contributed by atoms with van der Waals surface area (Å²) < 4.78 is 20.9. The molecule has 0 N–H and O–H groups in total. The number of carbonyl (C=O) groups is 1. The molecule has 6 nitrogen and oxygen atoms in total. The van der Waals surface area contributed by atoms with Gasteiger partial charge in [0.15, 0.2) is 6.61 Å². The van der Waals surface area contributed by atoms with Crippen molar-refractivity contribution >= 4 is 16.9 Å². The lowest BCUT2D eigenvalue weighted by Gasteiger charge is -2.08. The first kappa shape index (κ1) is 16.6. The van der Waals surface area contributed by atoms with Crippen molar-refractivity contribution in [2.45, 2.75) is 6.92 Å². The second kappa shape index (κ2) is 7.09. The van der Waals surface area contributed by atoms with E-state index in [9.17, 15) is 9.59 Å². The topological polar surface area (TPSA) is 75.0 Å². The molecule has 1 aromatic heterocycles. The summed E-state index contributed by atoms with van der Waals surface area (Å²) in [5.41, 5.74) is 1.07. The van der Waals surface area contributed by atoms with Gasteiger partial charge < -0.3 is 18.6 Å². The molecule has 0 aliphatic rings. The highest BCUT2D eigenvalue weighted by atomic mass is 16.6. The Kier molecular flexibility index (Phi) is 4.70. The average molecular weight is 340 g/mol. The minimum Gasteiger partial charge on any atom is -0.482 e. The molecule has 0 aliphatic heterocycles. The van der Waals surface area contributed by atoms with Gasteiger partial charge in [0.1, 0.15) is 23.3 Å². The Balaban J connectivity index is 1.87. The molecule has 0 spiro atoms. The third-order valence-corrected chi connectivity index (χ3v) is 3.52. The zero-order valence-corrected chi connectivity index (χ0v) is 13.8. The summed E-state index contributed by atoms with van der Waals surface area (Å²) in [7, 11) is 1.28. The van der Waals surface area contributed by atoms with Crippen molar-refractivity contribution < 1.29 is 23.4 Å². The maximum absolute atomic E-state index is 12.5. The fourth-order valence-electron chi connectivity index (χ4n) is 2.26. The summed E-state index contributed by atoms with van der Waals surface area (Å²) in [6, 6.07) is 12.1. The van der Waals surface area contributed by atoms with Crippen LogP contribution >= 0.6 is 0 Å². The third-order valence-electron chi connectivity index (χ3n) is 3.52. The zero-order valence-electron chi connectivity index (χ0n) is 13.8. The molecule has 128 valence electrons. The number of hydrogen-bond donors (Lipinski definition) is 0. The Bertz CT molecular complexity index is 973. The van der Waals surface area contributed by atoms with Gasteiger partial charge in [-0.05, 0) is 36.8 Å². The van der Waals surface area contributed by atoms with Crippen molar-refractivity contribution in [3.8, 4) is 17.2 Å². The summed E-state index contributed by atoms with van der Waals surface area (Å²) >= 11 is 0. The Hall–Kier alpha value is -3.28. The van der Waals surface area contributed by atoms with E-state index in [1.807, 2.05) is 25.1 Å². The number of esters is 1. The summed E-state index contributed by atoms with van der Waals surface area (Å²) in [6.07, 6.45) is 1.26. The van der Waals surface area contributed by atoms with Gasteiger partial charge in [0, 0.05) is 6.07 Å². The summed E-state index contributed by atoms with van der Waals surface area (Å²) in [6.45, 7) is 1.71. The molecule has 0 aliphatic carbocycles. The first-order valence-corrected chi connectivity index (χ1v) is 7.56. The molecule has 25 heavy (non-hydrogen) atoms. The lowest BCUT2D eigenvalue weighted by Crippen LogP contribution is -2.12. The summed E-state index contributed by atoms with van der Waals surface area (Å²) in [4.78, 5) is 23.6. The molecule has 3 rings (SSSR count). The predicted octanol–water partition coefficient (Wildman–Crippen LogP) is 3.45. The van der Waals surface area contributed by atoms with Crippen LogP contribution in [0, 0.1) is 6.92 Å². The highest BCUT2D eigenvalue weighted by Gasteiger charge is 2.11. The van der Waals surface area contributed by atoms with Crippen LogP contribution < -0.4 is 14.9 Å². The number of hydrogen-bond acceptors (Lipinski definition) is 6. The van der Waals surface area contributed by atoms with Gasteiger partial charge in [-0.15, -0.1) is 0 Å². The van der Waals surface area contributed by atoms with Gasteiger partial charge in [-0.25, -0.2) is 4.79 Å². The maximum Gasteiger partial charge on any atom is 0.343 e. The second-order valence-electron chi connectivity index (χ2n) is 5.37. The molecule has 0 amide bonds. The van der Waals surface area contributed by atoms with E-state index in [-0.39, 0.29) is 17.8 Å². The first-order valence-electron chi connectivity index (χ1n) is 7.56. The highest BCUT2D eigenvalue weighted by Crippen LogP contribution is 2.24. The molecule has 2 aromatic carbocycles. The molecule has 0 fully saturated rings. The van der Waals surface area contributed by atoms with Crippen LogP contribution in [0.1, 0.15) is 5.56 Å². The van der Waals surface area contributed by atoms with Crippen LogP contribution in [0.3, 0.4) is 0 Å². The largest absolute Gasteiger partial charge is 0.482 e. The molecule has 0 saturated carbocycles. The van der Waals surface area contributed by atoms with E-state index >= 15 is 0 Å². The number of ether oxygens (including phenoxy) is 3. The van der Waals surface area contributed by atoms with E-state index in [1.165, 1.54) is 19.4 Å². The van der Waals surface area contributed by atoms with Crippen molar-refractivity contribution in [3.05, 3.63) is 64.5 Å². The molecule has 0 atom stereocenters. The van der Waals surface area contributed by atoms with E-state index in [0.29, 0.717) is 22.5 Å². The molecule has 0 bridgehead atoms. The number of carbonyl (C=O) groups excluding carboxylic acids is 1. The van der Waals surface area contributed by atoms with E-state index in [4.69, 9.17) is 13.9 Å². The van der Waals surface area contributed by atoms with Crippen molar-refractivity contribution in [1.29, 1.82) is 0 Å². The van der Waals surface area contributed by atoms with Gasteiger partial charge in [0.25, 0.3) is 0 Å². The normalized spacial score (nSPS) is 10.5. The molecule has 3 aromatic rings. The van der Waals surface area contributed by atoms with E-state index < -0.39 is 5.97 Å². The summed E-state index contributed by atoms with van der Waals surface area (Å²) in [5, 5.41) is 0.357. The molecule has 0 radical (unpaired) electrons. The van der Waals surface area contributed by atoms with Crippen LogP contribution in [0.15, 0.2) is 57.9 Å². The van der Waals surface area contributed by atoms with Crippen LogP contribution in [0.2, 0.25) is 0 Å². The van der Waals surface area contributed by atoms with Gasteiger partial charge in [-0.1, -0.05) is 12.1 Å². The van der Waals surface area contributed by atoms with Crippen molar-refractivity contribution in [2.75, 3.05) is 13.7 Å². The van der Waals surface area contributed by atoms with Crippen molar-refractivity contribution in [3.63, 3.8) is 0 Å². The Labute approximate surface area is 143 Å². The first-order chi connectivity index (χ1) is 12.1. The van der Waals surface area contributed by atoms with Gasteiger partial charge in [0.2, 0.25) is 11.2 Å². The van der Waals surface area contributed by atoms with Gasteiger partial charge in [-0.2, -0.15) is 0 Å². The van der Waals surface area contributed by atoms with Crippen molar-refractivity contribution in [2.24, 2.45) is 0 Å². The molecular weight excluding hydrogens is 324 g/mol. The standard InChI is InChI=1S/C19H16O6/c1-12-4-3-5-14(8-12)25-17-10-24-16-9-13(23-11-18(20)22-2)6-7-15(16)19(17)21/h3-10H,11H2,1-2H3. The van der Waals surface area contributed by atoms with E-state index in [0.717, 1.165) is 5.56 Å². The second-order valence-corrected chi connectivity index (χ2v) is 5.37. The van der Waals surface area contributed by atoms with Gasteiger partial charge in [0.05, 0.1) is 12.5 Å². The molecule has 0 unspecified atom stereocenters. The number of benzene rings is 2. The fourth-order valence-corrected chi connectivity index (χ4v) is 2.26. The van der Waals surface area contributed by atoms with Crippen LogP contribution in [0.5, 0.6) is 17.2 Å². The number of rotatable bonds is 5. The molecule has 0 saturated heterocycles. The SMILES string of the molecule is COC(=O)COc1ccc2c(=O)c(Oc3cccc(C)c3)coc2c1. The van der Waals surface area contributed by atoms with Crippen LogP contribution in [-0.4, -0.2) is 19.7 Å². The van der Waals surface area contributed by atoms with E-state index in [1.54, 1.807) is 18.2 Å². The number of aryl methyl sites for hydroxylation is 1. The maximum atomic E-state index is 12.5. The lowest BCUT2D eigenvalue weighted by atomic mass is 10.2. The number of fused-ring (bicyclic) bond motifs is 1. The van der Waals surface area contributed by atoms with Crippen LogP contribution in [0.25, 0.3) is 11.0 Å².